The molecule has 27 heavy (non-hydrogen) atoms. The van der Waals surface area contributed by atoms with E-state index in [1.165, 1.54) is 6.42 Å². The Bertz CT molecular complexity index is 654. The summed E-state index contributed by atoms with van der Waals surface area (Å²) in [6, 6.07) is 6.92. The van der Waals surface area contributed by atoms with Gasteiger partial charge in [0.1, 0.15) is 0 Å². The van der Waals surface area contributed by atoms with Crippen molar-refractivity contribution in [3.05, 3.63) is 29.3 Å². The molecule has 0 saturated heterocycles. The Labute approximate surface area is 168 Å². The fraction of sp³-hybridized carbons (Fsp3) is 0.526. The number of anilines is 1. The fourth-order valence-electron chi connectivity index (χ4n) is 2.92. The van der Waals surface area contributed by atoms with Crippen LogP contribution in [0.15, 0.2) is 24.3 Å². The van der Waals surface area contributed by atoms with Crippen molar-refractivity contribution in [3.63, 3.8) is 0 Å². The summed E-state index contributed by atoms with van der Waals surface area (Å²) in [6.45, 7) is 1.85. The number of hydrogen-bond donors (Lipinski definition) is 2. The van der Waals surface area contributed by atoms with Crippen LogP contribution in [-0.2, 0) is 19.1 Å². The molecule has 6 nitrogen and oxygen atoms in total. The lowest BCUT2D eigenvalue weighted by Crippen LogP contribution is -2.43. The summed E-state index contributed by atoms with van der Waals surface area (Å²) in [5.74, 6) is -0.420. The van der Waals surface area contributed by atoms with Crippen LogP contribution < -0.4 is 10.6 Å². The van der Waals surface area contributed by atoms with E-state index < -0.39 is 5.97 Å². The number of amides is 2. The van der Waals surface area contributed by atoms with Crippen molar-refractivity contribution >= 4 is 46.8 Å². The highest BCUT2D eigenvalue weighted by Gasteiger charge is 2.23. The van der Waals surface area contributed by atoms with Crippen LogP contribution >= 0.6 is 23.4 Å². The number of thioether (sulfide) groups is 1. The van der Waals surface area contributed by atoms with Gasteiger partial charge in [0.15, 0.2) is 6.61 Å². The van der Waals surface area contributed by atoms with E-state index in [-0.39, 0.29) is 36.0 Å². The highest BCUT2D eigenvalue weighted by molar-refractivity contribution is 8.00. The van der Waals surface area contributed by atoms with Crippen LogP contribution in [0.25, 0.3) is 0 Å². The van der Waals surface area contributed by atoms with Crippen LogP contribution in [0.5, 0.6) is 0 Å². The van der Waals surface area contributed by atoms with Crippen LogP contribution in [0.2, 0.25) is 5.02 Å². The maximum absolute atomic E-state index is 11.9. The first-order valence-corrected chi connectivity index (χ1v) is 10.6. The number of halogens is 1. The standard InChI is InChI=1S/C19H25ClN2O4S/c1-13-4-2-3-5-16(13)22-17(23)10-26-19(25)12-27-11-18(24)21-15-8-6-14(20)7-9-15/h6-9,13,16H,2-5,10-12H2,1H3,(H,21,24)(H,22,23)/t13-,16-/m0/s1. The predicted molar refractivity (Wildman–Crippen MR) is 108 cm³/mol. The van der Waals surface area contributed by atoms with E-state index in [0.717, 1.165) is 31.0 Å². The number of benzene rings is 1. The summed E-state index contributed by atoms with van der Waals surface area (Å²) in [5, 5.41) is 6.23. The summed E-state index contributed by atoms with van der Waals surface area (Å²) in [4.78, 5) is 35.4. The quantitative estimate of drug-likeness (QED) is 0.640. The molecule has 2 amide bonds. The van der Waals surface area contributed by atoms with E-state index in [1.807, 2.05) is 0 Å². The maximum atomic E-state index is 11.9. The van der Waals surface area contributed by atoms with Crippen molar-refractivity contribution in [3.8, 4) is 0 Å². The third kappa shape index (κ3) is 8.22. The highest BCUT2D eigenvalue weighted by atomic mass is 35.5. The van der Waals surface area contributed by atoms with Crippen molar-refractivity contribution in [2.45, 2.75) is 38.6 Å². The number of carbonyl (C=O) groups is 3. The number of rotatable bonds is 8. The SMILES string of the molecule is C[C@H]1CCCC[C@@H]1NC(=O)COC(=O)CSCC(=O)Nc1ccc(Cl)cc1. The lowest BCUT2D eigenvalue weighted by molar-refractivity contribution is -0.146. The average Bonchev–Trinajstić information content (AvgIpc) is 2.64. The first-order valence-electron chi connectivity index (χ1n) is 9.02. The molecule has 148 valence electrons. The predicted octanol–water partition coefficient (Wildman–Crippen LogP) is 3.25. The van der Waals surface area contributed by atoms with Gasteiger partial charge < -0.3 is 15.4 Å². The van der Waals surface area contributed by atoms with Crippen molar-refractivity contribution in [1.29, 1.82) is 0 Å². The van der Waals surface area contributed by atoms with E-state index in [4.69, 9.17) is 16.3 Å². The van der Waals surface area contributed by atoms with Gasteiger partial charge in [0.2, 0.25) is 5.91 Å². The zero-order valence-electron chi connectivity index (χ0n) is 15.3. The lowest BCUT2D eigenvalue weighted by atomic mass is 9.86. The van der Waals surface area contributed by atoms with Crippen molar-refractivity contribution < 1.29 is 19.1 Å². The second-order valence-corrected chi connectivity index (χ2v) is 8.07. The van der Waals surface area contributed by atoms with Gasteiger partial charge in [-0.1, -0.05) is 31.4 Å². The molecule has 0 heterocycles. The zero-order chi connectivity index (χ0) is 19.6. The minimum absolute atomic E-state index is 0.0150. The van der Waals surface area contributed by atoms with E-state index in [0.29, 0.717) is 16.6 Å². The van der Waals surface area contributed by atoms with E-state index >= 15 is 0 Å². The largest absolute Gasteiger partial charge is 0.455 e. The first-order chi connectivity index (χ1) is 12.9. The third-order valence-corrected chi connectivity index (χ3v) is 5.56. The summed E-state index contributed by atoms with van der Waals surface area (Å²) >= 11 is 6.92. The first kappa shape index (κ1) is 21.6. The molecule has 0 bridgehead atoms. The Kier molecular flexibility index (Phi) is 8.94. The molecule has 0 unspecified atom stereocenters. The van der Waals surface area contributed by atoms with E-state index in [2.05, 4.69) is 17.6 Å². The molecule has 0 spiro atoms. The molecule has 1 aliphatic carbocycles. The van der Waals surface area contributed by atoms with Crippen LogP contribution in [-0.4, -0.2) is 41.9 Å². The summed E-state index contributed by atoms with van der Waals surface area (Å²) < 4.78 is 4.98. The van der Waals surface area contributed by atoms with Gasteiger partial charge in [-0.3, -0.25) is 14.4 Å². The zero-order valence-corrected chi connectivity index (χ0v) is 16.9. The summed E-state index contributed by atoms with van der Waals surface area (Å²) in [7, 11) is 0. The molecule has 2 rings (SSSR count). The number of ether oxygens (including phenoxy) is 1. The molecule has 8 heteroatoms. The molecule has 0 aromatic heterocycles. The number of nitrogens with one attached hydrogen (secondary N) is 2. The second kappa shape index (κ2) is 11.2. The Morgan fingerprint density at radius 2 is 1.81 bits per heavy atom. The van der Waals surface area contributed by atoms with Gasteiger partial charge in [0.05, 0.1) is 11.5 Å². The Balaban J connectivity index is 1.58. The fourth-order valence-corrected chi connectivity index (χ4v) is 3.66. The van der Waals surface area contributed by atoms with E-state index in [9.17, 15) is 14.4 Å². The molecular formula is C19H25ClN2O4S. The Morgan fingerprint density at radius 3 is 2.52 bits per heavy atom. The molecule has 1 fully saturated rings. The van der Waals surface area contributed by atoms with Crippen molar-refractivity contribution in [2.24, 2.45) is 5.92 Å². The van der Waals surface area contributed by atoms with Crippen molar-refractivity contribution in [2.75, 3.05) is 23.4 Å². The van der Waals surface area contributed by atoms with Gasteiger partial charge in [-0.2, -0.15) is 0 Å². The van der Waals surface area contributed by atoms with Gasteiger partial charge >= 0.3 is 5.97 Å². The van der Waals surface area contributed by atoms with Crippen LogP contribution in [0, 0.1) is 5.92 Å². The molecule has 0 radical (unpaired) electrons. The molecular weight excluding hydrogens is 388 g/mol. The molecule has 1 saturated carbocycles. The number of hydrogen-bond acceptors (Lipinski definition) is 5. The average molecular weight is 413 g/mol. The Morgan fingerprint density at radius 1 is 1.11 bits per heavy atom. The normalized spacial score (nSPS) is 19.2. The maximum Gasteiger partial charge on any atom is 0.316 e. The Hall–Kier alpha value is -1.73. The number of carbonyl (C=O) groups excluding carboxylic acids is 3. The summed E-state index contributed by atoms with van der Waals surface area (Å²) in [5.41, 5.74) is 0.640. The minimum Gasteiger partial charge on any atom is -0.455 e. The molecule has 0 aliphatic heterocycles. The van der Waals surface area contributed by atoms with Gasteiger partial charge in [0, 0.05) is 16.8 Å². The second-order valence-electron chi connectivity index (χ2n) is 6.64. The van der Waals surface area contributed by atoms with Crippen molar-refractivity contribution in [1.82, 2.24) is 5.32 Å². The molecule has 1 aromatic carbocycles. The molecule has 2 atom stereocenters. The smallest absolute Gasteiger partial charge is 0.316 e. The molecule has 1 aliphatic rings. The van der Waals surface area contributed by atoms with Crippen LogP contribution in [0.3, 0.4) is 0 Å². The monoisotopic (exact) mass is 412 g/mol. The third-order valence-electron chi connectivity index (χ3n) is 4.40. The van der Waals surface area contributed by atoms with Crippen LogP contribution in [0.1, 0.15) is 32.6 Å². The van der Waals surface area contributed by atoms with Crippen LogP contribution in [0.4, 0.5) is 5.69 Å². The topological polar surface area (TPSA) is 84.5 Å². The molecule has 1 aromatic rings. The van der Waals surface area contributed by atoms with Gasteiger partial charge in [-0.15, -0.1) is 11.8 Å². The molecule has 2 N–H and O–H groups in total. The lowest BCUT2D eigenvalue weighted by Gasteiger charge is -2.29. The van der Waals surface area contributed by atoms with Gasteiger partial charge in [-0.05, 0) is 43.0 Å². The summed E-state index contributed by atoms with van der Waals surface area (Å²) in [6.07, 6.45) is 4.40. The van der Waals surface area contributed by atoms with Gasteiger partial charge in [0.25, 0.3) is 5.91 Å². The van der Waals surface area contributed by atoms with E-state index in [1.54, 1.807) is 24.3 Å². The highest BCUT2D eigenvalue weighted by Crippen LogP contribution is 2.23. The number of esters is 1. The van der Waals surface area contributed by atoms with Gasteiger partial charge in [-0.25, -0.2) is 0 Å². The minimum atomic E-state index is -0.508.